The SMILES string of the molecule is Cc1cccc(N2CCN(c3cnnc(N(C)c4ccccc4)n3)CC2)c1. The highest BCUT2D eigenvalue weighted by atomic mass is 15.4. The van der Waals surface area contributed by atoms with Crippen molar-refractivity contribution in [3.8, 4) is 0 Å². The minimum absolute atomic E-state index is 0.611. The van der Waals surface area contributed by atoms with Gasteiger partial charge in [0.05, 0.1) is 6.20 Å². The maximum atomic E-state index is 4.74. The first-order chi connectivity index (χ1) is 13.2. The Kier molecular flexibility index (Phi) is 4.87. The monoisotopic (exact) mass is 360 g/mol. The zero-order valence-electron chi connectivity index (χ0n) is 15.8. The van der Waals surface area contributed by atoms with Crippen molar-refractivity contribution < 1.29 is 0 Å². The van der Waals surface area contributed by atoms with Crippen molar-refractivity contribution in [3.05, 3.63) is 66.4 Å². The molecular formula is C21H24N6. The third-order valence-electron chi connectivity index (χ3n) is 4.95. The van der Waals surface area contributed by atoms with Crippen molar-refractivity contribution in [2.75, 3.05) is 47.9 Å². The van der Waals surface area contributed by atoms with Crippen LogP contribution in [0.2, 0.25) is 0 Å². The van der Waals surface area contributed by atoms with Crippen LogP contribution in [-0.2, 0) is 0 Å². The number of benzene rings is 2. The van der Waals surface area contributed by atoms with E-state index in [-0.39, 0.29) is 0 Å². The lowest BCUT2D eigenvalue weighted by Gasteiger charge is -2.36. The Labute approximate surface area is 160 Å². The van der Waals surface area contributed by atoms with Crippen molar-refractivity contribution in [1.82, 2.24) is 15.2 Å². The van der Waals surface area contributed by atoms with Crippen molar-refractivity contribution in [3.63, 3.8) is 0 Å². The summed E-state index contributed by atoms with van der Waals surface area (Å²) < 4.78 is 0. The Morgan fingerprint density at radius 1 is 0.889 bits per heavy atom. The highest BCUT2D eigenvalue weighted by Crippen LogP contribution is 2.23. The summed E-state index contributed by atoms with van der Waals surface area (Å²) in [5.41, 5.74) is 3.63. The van der Waals surface area contributed by atoms with Gasteiger partial charge < -0.3 is 14.7 Å². The molecule has 2 aromatic carbocycles. The summed E-state index contributed by atoms with van der Waals surface area (Å²) in [5.74, 6) is 1.49. The molecule has 0 amide bonds. The van der Waals surface area contributed by atoms with Gasteiger partial charge in [0.15, 0.2) is 5.82 Å². The molecule has 0 bridgehead atoms. The van der Waals surface area contributed by atoms with Gasteiger partial charge in [-0.25, -0.2) is 0 Å². The van der Waals surface area contributed by atoms with Gasteiger partial charge in [-0.2, -0.15) is 10.1 Å². The van der Waals surface area contributed by atoms with Gasteiger partial charge in [0.1, 0.15) is 0 Å². The summed E-state index contributed by atoms with van der Waals surface area (Å²) in [7, 11) is 1.96. The standard InChI is InChI=1S/C21H24N6/c1-17-7-6-10-19(15-17)26-11-13-27(14-12-26)20-16-22-24-21(23-20)25(2)18-8-4-3-5-9-18/h3-10,15-16H,11-14H2,1-2H3. The first-order valence-electron chi connectivity index (χ1n) is 9.26. The first-order valence-corrected chi connectivity index (χ1v) is 9.26. The number of rotatable bonds is 4. The van der Waals surface area contributed by atoms with Crippen molar-refractivity contribution in [2.45, 2.75) is 6.92 Å². The number of nitrogens with zero attached hydrogens (tertiary/aromatic N) is 6. The lowest BCUT2D eigenvalue weighted by molar-refractivity contribution is 0.644. The van der Waals surface area contributed by atoms with E-state index in [2.05, 4.69) is 51.2 Å². The molecule has 0 spiro atoms. The molecule has 0 unspecified atom stereocenters. The van der Waals surface area contributed by atoms with Crippen LogP contribution >= 0.6 is 0 Å². The molecule has 0 radical (unpaired) electrons. The lowest BCUT2D eigenvalue weighted by atomic mass is 10.2. The average Bonchev–Trinajstić information content (AvgIpc) is 2.74. The number of anilines is 4. The first kappa shape index (κ1) is 17.3. The van der Waals surface area contributed by atoms with Gasteiger partial charge in [-0.15, -0.1) is 5.10 Å². The van der Waals surface area contributed by atoms with Crippen LogP contribution in [0.25, 0.3) is 0 Å². The average molecular weight is 360 g/mol. The molecule has 4 rings (SSSR count). The number of aryl methyl sites for hydroxylation is 1. The van der Waals surface area contributed by atoms with Crippen LogP contribution < -0.4 is 14.7 Å². The van der Waals surface area contributed by atoms with Crippen molar-refractivity contribution in [2.24, 2.45) is 0 Å². The van der Waals surface area contributed by atoms with Gasteiger partial charge in [-0.1, -0.05) is 30.3 Å². The molecule has 1 aliphatic rings. The molecule has 0 N–H and O–H groups in total. The zero-order chi connectivity index (χ0) is 18.6. The van der Waals surface area contributed by atoms with E-state index in [1.807, 2.05) is 42.3 Å². The van der Waals surface area contributed by atoms with Gasteiger partial charge in [0.25, 0.3) is 5.95 Å². The minimum Gasteiger partial charge on any atom is -0.368 e. The largest absolute Gasteiger partial charge is 0.368 e. The van der Waals surface area contributed by atoms with E-state index in [4.69, 9.17) is 4.98 Å². The number of para-hydroxylation sites is 1. The lowest BCUT2D eigenvalue weighted by Crippen LogP contribution is -2.47. The van der Waals surface area contributed by atoms with Crippen LogP contribution in [0.3, 0.4) is 0 Å². The molecule has 27 heavy (non-hydrogen) atoms. The molecule has 1 fully saturated rings. The van der Waals surface area contributed by atoms with Gasteiger partial charge >= 0.3 is 0 Å². The molecule has 6 nitrogen and oxygen atoms in total. The maximum Gasteiger partial charge on any atom is 0.251 e. The van der Waals surface area contributed by atoms with E-state index in [1.54, 1.807) is 6.20 Å². The van der Waals surface area contributed by atoms with E-state index in [9.17, 15) is 0 Å². The fourth-order valence-electron chi connectivity index (χ4n) is 3.37. The van der Waals surface area contributed by atoms with Crippen LogP contribution in [-0.4, -0.2) is 48.4 Å². The third-order valence-corrected chi connectivity index (χ3v) is 4.95. The Hall–Kier alpha value is -3.15. The second-order valence-electron chi connectivity index (χ2n) is 6.82. The molecule has 6 heteroatoms. The van der Waals surface area contributed by atoms with Gasteiger partial charge in [0.2, 0.25) is 0 Å². The second-order valence-corrected chi connectivity index (χ2v) is 6.82. The predicted molar refractivity (Wildman–Crippen MR) is 110 cm³/mol. The Morgan fingerprint density at radius 2 is 1.63 bits per heavy atom. The number of hydrogen-bond acceptors (Lipinski definition) is 6. The van der Waals surface area contributed by atoms with Crippen molar-refractivity contribution in [1.29, 1.82) is 0 Å². The van der Waals surface area contributed by atoms with E-state index in [0.29, 0.717) is 5.95 Å². The Morgan fingerprint density at radius 3 is 2.37 bits per heavy atom. The van der Waals surface area contributed by atoms with Crippen LogP contribution in [0.1, 0.15) is 5.56 Å². The fraction of sp³-hybridized carbons (Fsp3) is 0.286. The van der Waals surface area contributed by atoms with E-state index < -0.39 is 0 Å². The third kappa shape index (κ3) is 3.84. The fourth-order valence-corrected chi connectivity index (χ4v) is 3.37. The van der Waals surface area contributed by atoms with Gasteiger partial charge in [0, 0.05) is 44.6 Å². The van der Waals surface area contributed by atoms with Gasteiger partial charge in [-0.05, 0) is 36.8 Å². The quantitative estimate of drug-likeness (QED) is 0.712. The Bertz CT molecular complexity index is 890. The molecular weight excluding hydrogens is 336 g/mol. The molecule has 0 atom stereocenters. The normalized spacial score (nSPS) is 14.3. The summed E-state index contributed by atoms with van der Waals surface area (Å²) in [6.07, 6.45) is 1.75. The van der Waals surface area contributed by atoms with E-state index in [1.165, 1.54) is 11.3 Å². The van der Waals surface area contributed by atoms with Gasteiger partial charge in [-0.3, -0.25) is 0 Å². The number of hydrogen-bond donors (Lipinski definition) is 0. The van der Waals surface area contributed by atoms with Crippen LogP contribution in [0, 0.1) is 6.92 Å². The summed E-state index contributed by atoms with van der Waals surface area (Å²) in [5, 5.41) is 8.40. The zero-order valence-corrected chi connectivity index (χ0v) is 15.8. The summed E-state index contributed by atoms with van der Waals surface area (Å²) in [6, 6.07) is 18.8. The maximum absolute atomic E-state index is 4.74. The topological polar surface area (TPSA) is 48.4 Å². The Balaban J connectivity index is 1.46. The van der Waals surface area contributed by atoms with E-state index >= 15 is 0 Å². The second kappa shape index (κ2) is 7.61. The summed E-state index contributed by atoms with van der Waals surface area (Å²) in [6.45, 7) is 5.91. The molecule has 0 aliphatic carbocycles. The smallest absolute Gasteiger partial charge is 0.251 e. The molecule has 2 heterocycles. The molecule has 1 aromatic heterocycles. The highest BCUT2D eigenvalue weighted by Gasteiger charge is 2.20. The molecule has 138 valence electrons. The minimum atomic E-state index is 0.611. The van der Waals surface area contributed by atoms with Crippen molar-refractivity contribution >= 4 is 23.1 Å². The molecule has 3 aromatic rings. The molecule has 1 saturated heterocycles. The molecule has 1 aliphatic heterocycles. The summed E-state index contributed by atoms with van der Waals surface area (Å²) >= 11 is 0. The predicted octanol–water partition coefficient (Wildman–Crippen LogP) is 3.27. The molecule has 0 saturated carbocycles. The number of piperazine rings is 1. The summed E-state index contributed by atoms with van der Waals surface area (Å²) in [4.78, 5) is 11.4. The van der Waals surface area contributed by atoms with E-state index in [0.717, 1.165) is 37.7 Å². The highest BCUT2D eigenvalue weighted by molar-refractivity contribution is 5.57. The van der Waals surface area contributed by atoms with Crippen LogP contribution in [0.15, 0.2) is 60.8 Å². The van der Waals surface area contributed by atoms with Crippen LogP contribution in [0.5, 0.6) is 0 Å². The number of aromatic nitrogens is 3. The van der Waals surface area contributed by atoms with Crippen LogP contribution in [0.4, 0.5) is 23.1 Å².